The number of hydrogen-bond donors (Lipinski definition) is 2. The summed E-state index contributed by atoms with van der Waals surface area (Å²) in [6.45, 7) is 5.34. The van der Waals surface area contributed by atoms with Crippen molar-refractivity contribution in [2.75, 3.05) is 26.2 Å². The molecule has 2 heterocycles. The fraction of sp³-hybridized carbons (Fsp3) is 0.882. The molecule has 0 aromatic rings. The lowest BCUT2D eigenvalue weighted by Crippen LogP contribution is -2.49. The van der Waals surface area contributed by atoms with Crippen LogP contribution in [-0.2, 0) is 9.59 Å². The summed E-state index contributed by atoms with van der Waals surface area (Å²) < 4.78 is 0. The normalized spacial score (nSPS) is 32.6. The number of carbonyl (C=O) groups is 2. The van der Waals surface area contributed by atoms with Gasteiger partial charge >= 0.3 is 0 Å². The van der Waals surface area contributed by atoms with Crippen molar-refractivity contribution in [2.45, 2.75) is 51.5 Å². The molecule has 0 radical (unpaired) electrons. The highest BCUT2D eigenvalue weighted by molar-refractivity contribution is 5.82. The average molecular weight is 307 g/mol. The standard InChI is InChI=1S/C17H29N3O2/c1-12-9-14(6-7-18-12)17(22)20-8-2-3-15(11-20)16(21)19-10-13-4-5-13/h12-15,18H,2-11H2,1H3,(H,19,21)/t12-,14-,15?/m0/s1. The zero-order valence-corrected chi connectivity index (χ0v) is 13.6. The molecule has 3 aliphatic rings. The van der Waals surface area contributed by atoms with E-state index in [1.807, 2.05) is 4.90 Å². The van der Waals surface area contributed by atoms with E-state index in [0.717, 1.165) is 45.3 Å². The van der Waals surface area contributed by atoms with Gasteiger partial charge in [0.2, 0.25) is 11.8 Å². The summed E-state index contributed by atoms with van der Waals surface area (Å²) in [6.07, 6.45) is 6.23. The lowest BCUT2D eigenvalue weighted by molar-refractivity contribution is -0.140. The molecular weight excluding hydrogens is 278 g/mol. The number of rotatable bonds is 4. The molecule has 124 valence electrons. The van der Waals surface area contributed by atoms with Crippen molar-refractivity contribution in [3.05, 3.63) is 0 Å². The molecule has 1 aliphatic carbocycles. The van der Waals surface area contributed by atoms with Crippen molar-refractivity contribution in [2.24, 2.45) is 17.8 Å². The van der Waals surface area contributed by atoms with Crippen LogP contribution < -0.4 is 10.6 Å². The first-order valence-corrected chi connectivity index (χ1v) is 8.93. The SMILES string of the molecule is C[C@H]1C[C@@H](C(=O)N2CCCC(C(=O)NCC3CC3)C2)CCN1. The van der Waals surface area contributed by atoms with Crippen LogP contribution in [0.4, 0.5) is 0 Å². The predicted octanol–water partition coefficient (Wildman–Crippen LogP) is 1.14. The molecule has 2 saturated heterocycles. The Labute approximate surface area is 133 Å². The molecule has 2 aliphatic heterocycles. The minimum atomic E-state index is -0.00408. The van der Waals surface area contributed by atoms with Gasteiger partial charge in [0.05, 0.1) is 5.92 Å². The Hall–Kier alpha value is -1.10. The van der Waals surface area contributed by atoms with Crippen molar-refractivity contribution >= 4 is 11.8 Å². The highest BCUT2D eigenvalue weighted by Crippen LogP contribution is 2.28. The first-order valence-electron chi connectivity index (χ1n) is 8.93. The molecule has 3 rings (SSSR count). The van der Waals surface area contributed by atoms with Gasteiger partial charge in [0, 0.05) is 31.6 Å². The predicted molar refractivity (Wildman–Crippen MR) is 85.2 cm³/mol. The second kappa shape index (κ2) is 6.99. The first kappa shape index (κ1) is 15.8. The molecule has 5 heteroatoms. The van der Waals surface area contributed by atoms with Crippen molar-refractivity contribution in [3.63, 3.8) is 0 Å². The van der Waals surface area contributed by atoms with E-state index in [-0.39, 0.29) is 23.7 Å². The number of carbonyl (C=O) groups excluding carboxylic acids is 2. The van der Waals surface area contributed by atoms with E-state index >= 15 is 0 Å². The van der Waals surface area contributed by atoms with Gasteiger partial charge in [0.1, 0.15) is 0 Å². The third-order valence-electron chi connectivity index (χ3n) is 5.34. The summed E-state index contributed by atoms with van der Waals surface area (Å²) in [5, 5.41) is 6.47. The van der Waals surface area contributed by atoms with E-state index in [0.29, 0.717) is 18.5 Å². The van der Waals surface area contributed by atoms with Crippen LogP contribution in [0.1, 0.15) is 45.4 Å². The van der Waals surface area contributed by atoms with Gasteiger partial charge in [-0.3, -0.25) is 9.59 Å². The fourth-order valence-corrected chi connectivity index (χ4v) is 3.72. The highest BCUT2D eigenvalue weighted by Gasteiger charge is 2.33. The summed E-state index contributed by atoms with van der Waals surface area (Å²) in [6, 6.07) is 0.421. The van der Waals surface area contributed by atoms with Crippen LogP contribution in [0, 0.1) is 17.8 Å². The van der Waals surface area contributed by atoms with Crippen LogP contribution in [0.15, 0.2) is 0 Å². The van der Waals surface area contributed by atoms with Gasteiger partial charge in [-0.2, -0.15) is 0 Å². The smallest absolute Gasteiger partial charge is 0.225 e. The molecule has 0 aromatic heterocycles. The van der Waals surface area contributed by atoms with Crippen LogP contribution in [0.3, 0.4) is 0 Å². The van der Waals surface area contributed by atoms with Crippen molar-refractivity contribution in [1.82, 2.24) is 15.5 Å². The zero-order chi connectivity index (χ0) is 15.5. The maximum Gasteiger partial charge on any atom is 0.225 e. The average Bonchev–Trinajstić information content (AvgIpc) is 3.36. The third-order valence-corrected chi connectivity index (χ3v) is 5.34. The van der Waals surface area contributed by atoms with E-state index in [1.54, 1.807) is 0 Å². The molecule has 0 spiro atoms. The summed E-state index contributed by atoms with van der Waals surface area (Å²) >= 11 is 0. The van der Waals surface area contributed by atoms with Gasteiger partial charge in [-0.1, -0.05) is 0 Å². The summed E-state index contributed by atoms with van der Waals surface area (Å²) in [7, 11) is 0. The lowest BCUT2D eigenvalue weighted by Gasteiger charge is -2.36. The Morgan fingerprint density at radius 2 is 2.00 bits per heavy atom. The van der Waals surface area contributed by atoms with Crippen LogP contribution in [0.5, 0.6) is 0 Å². The summed E-state index contributed by atoms with van der Waals surface area (Å²) in [5.41, 5.74) is 0. The number of hydrogen-bond acceptors (Lipinski definition) is 3. The molecule has 2 amide bonds. The minimum absolute atomic E-state index is 0.00408. The van der Waals surface area contributed by atoms with Crippen molar-refractivity contribution in [1.29, 1.82) is 0 Å². The van der Waals surface area contributed by atoms with Crippen molar-refractivity contribution < 1.29 is 9.59 Å². The second-order valence-electron chi connectivity index (χ2n) is 7.39. The molecule has 1 unspecified atom stereocenters. The fourth-order valence-electron chi connectivity index (χ4n) is 3.72. The second-order valence-corrected chi connectivity index (χ2v) is 7.39. The zero-order valence-electron chi connectivity index (χ0n) is 13.6. The number of piperidine rings is 2. The van der Waals surface area contributed by atoms with E-state index < -0.39 is 0 Å². The maximum absolute atomic E-state index is 12.7. The van der Waals surface area contributed by atoms with Crippen LogP contribution in [0.2, 0.25) is 0 Å². The number of amides is 2. The Balaban J connectivity index is 1.50. The van der Waals surface area contributed by atoms with E-state index in [9.17, 15) is 9.59 Å². The number of nitrogens with one attached hydrogen (secondary N) is 2. The molecular formula is C17H29N3O2. The lowest BCUT2D eigenvalue weighted by atomic mass is 9.90. The molecule has 5 nitrogen and oxygen atoms in total. The molecule has 0 aromatic carbocycles. The van der Waals surface area contributed by atoms with Crippen LogP contribution >= 0.6 is 0 Å². The Morgan fingerprint density at radius 1 is 1.18 bits per heavy atom. The van der Waals surface area contributed by atoms with E-state index in [2.05, 4.69) is 17.6 Å². The Bertz CT molecular complexity index is 422. The topological polar surface area (TPSA) is 61.4 Å². The largest absolute Gasteiger partial charge is 0.356 e. The number of nitrogens with zero attached hydrogens (tertiary/aromatic N) is 1. The van der Waals surface area contributed by atoms with Crippen LogP contribution in [-0.4, -0.2) is 48.9 Å². The number of likely N-dealkylation sites (tertiary alicyclic amines) is 1. The highest BCUT2D eigenvalue weighted by atomic mass is 16.2. The molecule has 3 fully saturated rings. The molecule has 2 N–H and O–H groups in total. The first-order chi connectivity index (χ1) is 10.6. The van der Waals surface area contributed by atoms with Crippen LogP contribution in [0.25, 0.3) is 0 Å². The summed E-state index contributed by atoms with van der Waals surface area (Å²) in [5.74, 6) is 1.28. The van der Waals surface area contributed by atoms with Gasteiger partial charge in [-0.05, 0) is 57.9 Å². The molecule has 1 saturated carbocycles. The van der Waals surface area contributed by atoms with Gasteiger partial charge in [0.15, 0.2) is 0 Å². The summed E-state index contributed by atoms with van der Waals surface area (Å²) in [4.78, 5) is 26.9. The third kappa shape index (κ3) is 4.00. The van der Waals surface area contributed by atoms with E-state index in [4.69, 9.17) is 0 Å². The molecule has 3 atom stereocenters. The molecule has 0 bridgehead atoms. The van der Waals surface area contributed by atoms with Gasteiger partial charge in [0.25, 0.3) is 0 Å². The maximum atomic E-state index is 12.7. The monoisotopic (exact) mass is 307 g/mol. The van der Waals surface area contributed by atoms with Gasteiger partial charge in [-0.15, -0.1) is 0 Å². The quantitative estimate of drug-likeness (QED) is 0.819. The molecule has 22 heavy (non-hydrogen) atoms. The Morgan fingerprint density at radius 3 is 2.73 bits per heavy atom. The van der Waals surface area contributed by atoms with Gasteiger partial charge < -0.3 is 15.5 Å². The van der Waals surface area contributed by atoms with Crippen molar-refractivity contribution in [3.8, 4) is 0 Å². The Kier molecular flexibility index (Phi) is 5.01. The van der Waals surface area contributed by atoms with Gasteiger partial charge in [-0.25, -0.2) is 0 Å². The van der Waals surface area contributed by atoms with E-state index in [1.165, 1.54) is 12.8 Å². The minimum Gasteiger partial charge on any atom is -0.356 e.